The van der Waals surface area contributed by atoms with Crippen LogP contribution in [0, 0.1) is 0 Å². The van der Waals surface area contributed by atoms with E-state index in [1.54, 1.807) is 6.07 Å². The molecule has 0 bridgehead atoms. The third-order valence-electron chi connectivity index (χ3n) is 5.57. The van der Waals surface area contributed by atoms with Crippen molar-refractivity contribution in [1.82, 2.24) is 19.7 Å². The Morgan fingerprint density at radius 1 is 1.08 bits per heavy atom. The highest BCUT2D eigenvalue weighted by atomic mass is 19.4. The summed E-state index contributed by atoms with van der Waals surface area (Å²) in [5, 5.41) is 36.2. The van der Waals surface area contributed by atoms with Crippen molar-refractivity contribution in [3.8, 4) is 17.1 Å². The van der Waals surface area contributed by atoms with Crippen LogP contribution in [0.25, 0.3) is 23.2 Å². The Hall–Kier alpha value is -4.55. The molecule has 2 heterocycles. The van der Waals surface area contributed by atoms with E-state index in [4.69, 9.17) is 5.11 Å². The fraction of sp³-hybridized carbons (Fsp3) is 0.185. The van der Waals surface area contributed by atoms with Crippen molar-refractivity contribution in [2.45, 2.75) is 31.2 Å². The summed E-state index contributed by atoms with van der Waals surface area (Å²) in [6.07, 6.45) is -2.20. The lowest BCUT2D eigenvalue weighted by atomic mass is 10.0. The van der Waals surface area contributed by atoms with E-state index >= 15 is 0 Å². The number of hydrogen-bond donors (Lipinski definition) is 4. The number of carboxylic acid groups (broad SMARTS) is 1. The molecule has 2 unspecified atom stereocenters. The molecule has 2 aromatic heterocycles. The Morgan fingerprint density at radius 3 is 2.56 bits per heavy atom. The molecule has 0 saturated carbocycles. The van der Waals surface area contributed by atoms with Crippen molar-refractivity contribution in [1.29, 1.82) is 0 Å². The molecule has 0 radical (unpaired) electrons. The third kappa shape index (κ3) is 7.27. The summed E-state index contributed by atoms with van der Waals surface area (Å²) in [4.78, 5) is 19.4. The van der Waals surface area contributed by atoms with Gasteiger partial charge in [-0.3, -0.25) is 4.79 Å². The molecule has 0 aliphatic rings. The normalized spacial score (nSPS) is 13.4. The first-order valence-corrected chi connectivity index (χ1v) is 11.8. The molecule has 0 aliphatic carbocycles. The lowest BCUT2D eigenvalue weighted by Crippen LogP contribution is -2.19. The Balaban J connectivity index is 1.73. The fourth-order valence-corrected chi connectivity index (χ4v) is 3.82. The Labute approximate surface area is 220 Å². The highest BCUT2D eigenvalue weighted by molar-refractivity contribution is 5.74. The minimum absolute atomic E-state index is 0.193. The Kier molecular flexibility index (Phi) is 8.37. The summed E-state index contributed by atoms with van der Waals surface area (Å²) >= 11 is 0. The Bertz CT molecular complexity index is 1460. The number of carboxylic acids is 1. The SMILES string of the molecule is O=C(O)CC(O)CC(O)C=Cc1cnn(-c2ccnc(Nc3ccccc3)n2)c1-c1cccc(C(F)(F)F)c1. The molecule has 2 atom stereocenters. The zero-order chi connectivity index (χ0) is 28.0. The molecule has 0 spiro atoms. The maximum Gasteiger partial charge on any atom is 0.416 e. The second-order valence-corrected chi connectivity index (χ2v) is 8.58. The minimum atomic E-state index is -4.57. The highest BCUT2D eigenvalue weighted by Crippen LogP contribution is 2.34. The van der Waals surface area contributed by atoms with Gasteiger partial charge < -0.3 is 20.6 Å². The number of rotatable bonds is 10. The number of aromatic nitrogens is 4. The fourth-order valence-electron chi connectivity index (χ4n) is 3.82. The number of para-hydroxylation sites is 1. The standard InChI is InChI=1S/C27H24F3N5O4/c28-27(29,30)19-6-4-5-17(13-19)25-18(9-10-21(36)14-22(37)15-24(38)39)16-32-35(25)23-11-12-31-26(34-23)33-20-7-2-1-3-8-20/h1-13,16,21-22,36-37H,14-15H2,(H,38,39)(H,31,33,34). The van der Waals surface area contributed by atoms with Gasteiger partial charge in [0.25, 0.3) is 0 Å². The van der Waals surface area contributed by atoms with Crippen LogP contribution in [0.2, 0.25) is 0 Å². The van der Waals surface area contributed by atoms with Gasteiger partial charge in [0, 0.05) is 35.5 Å². The molecule has 2 aromatic carbocycles. The quantitative estimate of drug-likeness (QED) is 0.228. The van der Waals surface area contributed by atoms with Gasteiger partial charge in [-0.15, -0.1) is 0 Å². The number of alkyl halides is 3. The van der Waals surface area contributed by atoms with Crippen molar-refractivity contribution >= 4 is 23.7 Å². The number of anilines is 2. The van der Waals surface area contributed by atoms with E-state index in [1.165, 1.54) is 41.4 Å². The molecule has 0 amide bonds. The van der Waals surface area contributed by atoms with Gasteiger partial charge in [-0.2, -0.15) is 23.3 Å². The highest BCUT2D eigenvalue weighted by Gasteiger charge is 2.31. The van der Waals surface area contributed by atoms with Crippen molar-refractivity contribution in [2.75, 3.05) is 5.32 Å². The predicted molar refractivity (Wildman–Crippen MR) is 137 cm³/mol. The molecule has 12 heteroatoms. The molecule has 202 valence electrons. The smallest absolute Gasteiger partial charge is 0.416 e. The lowest BCUT2D eigenvalue weighted by molar-refractivity contribution is -0.139. The molecule has 0 fully saturated rings. The van der Waals surface area contributed by atoms with Crippen LogP contribution in [-0.4, -0.2) is 53.2 Å². The summed E-state index contributed by atoms with van der Waals surface area (Å²) in [6, 6.07) is 15.4. The topological polar surface area (TPSA) is 133 Å². The summed E-state index contributed by atoms with van der Waals surface area (Å²) < 4.78 is 41.8. The van der Waals surface area contributed by atoms with Crippen LogP contribution in [0.15, 0.2) is 79.1 Å². The maximum atomic E-state index is 13.5. The molecular weight excluding hydrogens is 515 g/mol. The average Bonchev–Trinajstić information content (AvgIpc) is 3.31. The first-order valence-electron chi connectivity index (χ1n) is 11.8. The minimum Gasteiger partial charge on any atom is -0.481 e. The van der Waals surface area contributed by atoms with E-state index in [2.05, 4.69) is 20.4 Å². The maximum absolute atomic E-state index is 13.5. The first kappa shape index (κ1) is 27.5. The number of aliphatic carboxylic acids is 1. The van der Waals surface area contributed by atoms with Crippen LogP contribution in [0.5, 0.6) is 0 Å². The number of carbonyl (C=O) groups is 1. The third-order valence-corrected chi connectivity index (χ3v) is 5.57. The van der Waals surface area contributed by atoms with Gasteiger partial charge in [-0.25, -0.2) is 9.67 Å². The van der Waals surface area contributed by atoms with Gasteiger partial charge in [-0.05, 0) is 24.3 Å². The van der Waals surface area contributed by atoms with Crippen molar-refractivity contribution < 1.29 is 33.3 Å². The second kappa shape index (κ2) is 11.9. The molecule has 9 nitrogen and oxygen atoms in total. The van der Waals surface area contributed by atoms with Gasteiger partial charge in [0.05, 0.1) is 36.1 Å². The van der Waals surface area contributed by atoms with E-state index in [1.807, 2.05) is 30.3 Å². The lowest BCUT2D eigenvalue weighted by Gasteiger charge is -2.13. The number of aliphatic hydroxyl groups is 2. The van der Waals surface area contributed by atoms with Crippen molar-refractivity contribution in [2.24, 2.45) is 0 Å². The zero-order valence-corrected chi connectivity index (χ0v) is 20.3. The predicted octanol–water partition coefficient (Wildman–Crippen LogP) is 4.69. The van der Waals surface area contributed by atoms with Crippen LogP contribution < -0.4 is 5.32 Å². The molecular formula is C27H24F3N5O4. The van der Waals surface area contributed by atoms with Crippen LogP contribution in [-0.2, 0) is 11.0 Å². The van der Waals surface area contributed by atoms with Crippen molar-refractivity contribution in [3.63, 3.8) is 0 Å². The van der Waals surface area contributed by atoms with Gasteiger partial charge in [0.1, 0.15) is 0 Å². The molecule has 4 N–H and O–H groups in total. The van der Waals surface area contributed by atoms with Gasteiger partial charge in [0.15, 0.2) is 5.82 Å². The molecule has 4 rings (SSSR count). The van der Waals surface area contributed by atoms with Crippen LogP contribution in [0.4, 0.5) is 24.8 Å². The summed E-state index contributed by atoms with van der Waals surface area (Å²) in [6.45, 7) is 0. The first-order chi connectivity index (χ1) is 18.6. The van der Waals surface area contributed by atoms with Gasteiger partial charge in [0.2, 0.25) is 5.95 Å². The molecule has 0 aliphatic heterocycles. The number of nitrogens with zero attached hydrogens (tertiary/aromatic N) is 4. The van der Waals surface area contributed by atoms with E-state index in [-0.39, 0.29) is 29.4 Å². The monoisotopic (exact) mass is 539 g/mol. The number of aliphatic hydroxyl groups excluding tert-OH is 2. The largest absolute Gasteiger partial charge is 0.481 e. The van der Waals surface area contributed by atoms with Crippen LogP contribution in [0.1, 0.15) is 24.0 Å². The summed E-state index contributed by atoms with van der Waals surface area (Å²) in [5.74, 6) is -0.699. The number of hydrogen-bond acceptors (Lipinski definition) is 7. The van der Waals surface area contributed by atoms with E-state index in [9.17, 15) is 28.2 Å². The molecule has 4 aromatic rings. The Morgan fingerprint density at radius 2 is 1.85 bits per heavy atom. The van der Waals surface area contributed by atoms with E-state index < -0.39 is 36.3 Å². The van der Waals surface area contributed by atoms with Crippen LogP contribution in [0.3, 0.4) is 0 Å². The van der Waals surface area contributed by atoms with Crippen molar-refractivity contribution in [3.05, 3.63) is 90.3 Å². The summed E-state index contributed by atoms with van der Waals surface area (Å²) in [7, 11) is 0. The second-order valence-electron chi connectivity index (χ2n) is 8.58. The number of benzene rings is 2. The zero-order valence-electron chi connectivity index (χ0n) is 20.3. The van der Waals surface area contributed by atoms with Crippen LogP contribution >= 0.6 is 0 Å². The average molecular weight is 540 g/mol. The number of halogens is 3. The summed E-state index contributed by atoms with van der Waals surface area (Å²) in [5.41, 5.74) is 0.695. The molecule has 39 heavy (non-hydrogen) atoms. The van der Waals surface area contributed by atoms with E-state index in [0.717, 1.165) is 17.8 Å². The van der Waals surface area contributed by atoms with Gasteiger partial charge in [-0.1, -0.05) is 42.5 Å². The van der Waals surface area contributed by atoms with E-state index in [0.29, 0.717) is 5.56 Å². The number of nitrogens with one attached hydrogen (secondary N) is 1. The van der Waals surface area contributed by atoms with Gasteiger partial charge >= 0.3 is 12.1 Å². The molecule has 0 saturated heterocycles.